The Balaban J connectivity index is 1.87. The Morgan fingerprint density at radius 2 is 2.04 bits per heavy atom. The second-order valence-corrected chi connectivity index (χ2v) is 7.93. The first-order chi connectivity index (χ1) is 12.2. The molecule has 0 fully saturated rings. The van der Waals surface area contributed by atoms with Crippen molar-refractivity contribution in [2.75, 3.05) is 0 Å². The molecule has 1 heterocycles. The SMILES string of the molecule is CC(C)(C)OC(=O)CC1C=C(c2ccc(C(N)=O)c3[nH]ccc23)CCC1. The summed E-state index contributed by atoms with van der Waals surface area (Å²) >= 11 is 0. The number of fused-ring (bicyclic) bond motifs is 1. The van der Waals surface area contributed by atoms with Crippen molar-refractivity contribution in [2.24, 2.45) is 11.7 Å². The molecule has 0 aliphatic heterocycles. The average Bonchev–Trinajstić information content (AvgIpc) is 3.01. The number of hydrogen-bond acceptors (Lipinski definition) is 3. The van der Waals surface area contributed by atoms with Gasteiger partial charge in [0.25, 0.3) is 5.91 Å². The summed E-state index contributed by atoms with van der Waals surface area (Å²) in [4.78, 5) is 26.9. The number of ether oxygens (including phenoxy) is 1. The van der Waals surface area contributed by atoms with Crippen molar-refractivity contribution in [1.82, 2.24) is 4.98 Å². The van der Waals surface area contributed by atoms with Crippen molar-refractivity contribution < 1.29 is 14.3 Å². The number of benzene rings is 1. The fourth-order valence-electron chi connectivity index (χ4n) is 3.63. The van der Waals surface area contributed by atoms with E-state index in [0.717, 1.165) is 35.7 Å². The second kappa shape index (κ2) is 6.98. The molecule has 0 bridgehead atoms. The molecule has 5 heteroatoms. The topological polar surface area (TPSA) is 85.2 Å². The quantitative estimate of drug-likeness (QED) is 0.808. The van der Waals surface area contributed by atoms with Crippen molar-refractivity contribution in [2.45, 2.75) is 52.1 Å². The number of nitrogens with two attached hydrogens (primary N) is 1. The van der Waals surface area contributed by atoms with Crippen LogP contribution in [0.1, 0.15) is 62.4 Å². The Kier molecular flexibility index (Phi) is 4.90. The Bertz CT molecular complexity index is 871. The molecule has 0 radical (unpaired) electrons. The number of carbonyl (C=O) groups is 2. The van der Waals surface area contributed by atoms with E-state index < -0.39 is 11.5 Å². The van der Waals surface area contributed by atoms with Gasteiger partial charge in [0.2, 0.25) is 0 Å². The smallest absolute Gasteiger partial charge is 0.306 e. The van der Waals surface area contributed by atoms with Crippen molar-refractivity contribution in [3.05, 3.63) is 41.6 Å². The highest BCUT2D eigenvalue weighted by Gasteiger charge is 2.23. The van der Waals surface area contributed by atoms with Gasteiger partial charge < -0.3 is 15.5 Å². The standard InChI is InChI=1S/C21H26N2O3/c1-21(2,3)26-18(24)12-13-5-4-6-14(11-13)15-7-8-17(20(22)25)19-16(15)9-10-23-19/h7-11,13,23H,4-6,12H2,1-3H3,(H2,22,25). The van der Waals surface area contributed by atoms with E-state index in [1.165, 1.54) is 5.57 Å². The van der Waals surface area contributed by atoms with Gasteiger partial charge >= 0.3 is 5.97 Å². The van der Waals surface area contributed by atoms with Gasteiger partial charge in [-0.2, -0.15) is 0 Å². The summed E-state index contributed by atoms with van der Waals surface area (Å²) < 4.78 is 5.46. The van der Waals surface area contributed by atoms with Crippen LogP contribution in [-0.4, -0.2) is 22.5 Å². The molecule has 0 saturated carbocycles. The van der Waals surface area contributed by atoms with Crippen LogP contribution in [-0.2, 0) is 9.53 Å². The van der Waals surface area contributed by atoms with E-state index in [9.17, 15) is 9.59 Å². The molecule has 3 rings (SSSR count). The second-order valence-electron chi connectivity index (χ2n) is 7.93. The number of rotatable bonds is 4. The number of aromatic amines is 1. The molecule has 1 aromatic heterocycles. The first-order valence-corrected chi connectivity index (χ1v) is 9.07. The van der Waals surface area contributed by atoms with Crippen LogP contribution in [0.3, 0.4) is 0 Å². The van der Waals surface area contributed by atoms with Gasteiger partial charge in [0.1, 0.15) is 5.60 Å². The maximum Gasteiger partial charge on any atom is 0.306 e. The number of hydrogen-bond donors (Lipinski definition) is 2. The van der Waals surface area contributed by atoms with Gasteiger partial charge in [0.05, 0.1) is 17.5 Å². The minimum absolute atomic E-state index is 0.157. The highest BCUT2D eigenvalue weighted by molar-refractivity contribution is 6.07. The first-order valence-electron chi connectivity index (χ1n) is 9.07. The van der Waals surface area contributed by atoms with Gasteiger partial charge in [-0.25, -0.2) is 0 Å². The van der Waals surface area contributed by atoms with Crippen molar-refractivity contribution in [1.29, 1.82) is 0 Å². The number of carbonyl (C=O) groups excluding carboxylic acids is 2. The minimum Gasteiger partial charge on any atom is -0.460 e. The molecule has 0 saturated heterocycles. The summed E-state index contributed by atoms with van der Waals surface area (Å²) in [5.41, 5.74) is 8.59. The molecule has 5 nitrogen and oxygen atoms in total. The van der Waals surface area contributed by atoms with Crippen molar-refractivity contribution in [3.8, 4) is 0 Å². The van der Waals surface area contributed by atoms with E-state index in [4.69, 9.17) is 10.5 Å². The van der Waals surface area contributed by atoms with Gasteiger partial charge in [-0.1, -0.05) is 12.1 Å². The molecular formula is C21H26N2O3. The molecule has 2 aromatic rings. The van der Waals surface area contributed by atoms with Gasteiger partial charge in [-0.05, 0) is 69.2 Å². The summed E-state index contributed by atoms with van der Waals surface area (Å²) in [5.74, 6) is -0.418. The number of allylic oxidation sites excluding steroid dienone is 2. The number of aromatic nitrogens is 1. The lowest BCUT2D eigenvalue weighted by Crippen LogP contribution is -2.25. The molecule has 1 aliphatic carbocycles. The van der Waals surface area contributed by atoms with Crippen LogP contribution in [0.5, 0.6) is 0 Å². The van der Waals surface area contributed by atoms with E-state index in [1.54, 1.807) is 6.07 Å². The fraction of sp³-hybridized carbons (Fsp3) is 0.429. The molecule has 1 amide bonds. The molecule has 1 unspecified atom stereocenters. The van der Waals surface area contributed by atoms with E-state index in [2.05, 4.69) is 11.1 Å². The third-order valence-corrected chi connectivity index (χ3v) is 4.64. The number of nitrogens with one attached hydrogen (secondary N) is 1. The molecule has 1 atom stereocenters. The lowest BCUT2D eigenvalue weighted by Gasteiger charge is -2.24. The Hall–Kier alpha value is -2.56. The van der Waals surface area contributed by atoms with Gasteiger partial charge in [0, 0.05) is 11.6 Å². The van der Waals surface area contributed by atoms with E-state index >= 15 is 0 Å². The first kappa shape index (κ1) is 18.2. The normalized spacial score (nSPS) is 17.8. The Morgan fingerprint density at radius 1 is 1.27 bits per heavy atom. The van der Waals surface area contributed by atoms with Crippen LogP contribution in [0.4, 0.5) is 0 Å². The Labute approximate surface area is 153 Å². The monoisotopic (exact) mass is 354 g/mol. The van der Waals surface area contributed by atoms with Crippen LogP contribution >= 0.6 is 0 Å². The Morgan fingerprint density at radius 3 is 2.73 bits per heavy atom. The van der Waals surface area contributed by atoms with Crippen LogP contribution in [0.2, 0.25) is 0 Å². The number of esters is 1. The maximum atomic E-state index is 12.2. The lowest BCUT2D eigenvalue weighted by atomic mass is 9.84. The van der Waals surface area contributed by atoms with E-state index in [-0.39, 0.29) is 11.9 Å². The number of primary amides is 1. The molecule has 1 aliphatic rings. The summed E-state index contributed by atoms with van der Waals surface area (Å²) in [6.07, 6.45) is 7.39. The highest BCUT2D eigenvalue weighted by atomic mass is 16.6. The van der Waals surface area contributed by atoms with E-state index in [1.807, 2.05) is 39.1 Å². The largest absolute Gasteiger partial charge is 0.460 e. The van der Waals surface area contributed by atoms with Crippen molar-refractivity contribution >= 4 is 28.4 Å². The van der Waals surface area contributed by atoms with Gasteiger partial charge in [0.15, 0.2) is 0 Å². The molecular weight excluding hydrogens is 328 g/mol. The maximum absolute atomic E-state index is 12.2. The summed E-state index contributed by atoms with van der Waals surface area (Å²) in [6.45, 7) is 5.65. The molecule has 3 N–H and O–H groups in total. The molecule has 26 heavy (non-hydrogen) atoms. The van der Waals surface area contributed by atoms with E-state index in [0.29, 0.717) is 12.0 Å². The van der Waals surface area contributed by atoms with Gasteiger partial charge in [-0.3, -0.25) is 9.59 Å². The zero-order valence-electron chi connectivity index (χ0n) is 15.6. The number of amides is 1. The third-order valence-electron chi connectivity index (χ3n) is 4.64. The predicted molar refractivity (Wildman–Crippen MR) is 103 cm³/mol. The van der Waals surface area contributed by atoms with Gasteiger partial charge in [-0.15, -0.1) is 0 Å². The minimum atomic E-state index is -0.458. The summed E-state index contributed by atoms with van der Waals surface area (Å²) in [5, 5.41) is 0.991. The predicted octanol–water partition coefficient (Wildman–Crippen LogP) is 4.18. The number of H-pyrrole nitrogens is 1. The van der Waals surface area contributed by atoms with Crippen LogP contribution < -0.4 is 5.73 Å². The summed E-state index contributed by atoms with van der Waals surface area (Å²) in [7, 11) is 0. The molecule has 0 spiro atoms. The lowest BCUT2D eigenvalue weighted by molar-refractivity contribution is -0.155. The zero-order chi connectivity index (χ0) is 18.9. The van der Waals surface area contributed by atoms with Crippen molar-refractivity contribution in [3.63, 3.8) is 0 Å². The van der Waals surface area contributed by atoms with Crippen LogP contribution in [0, 0.1) is 5.92 Å². The fourth-order valence-corrected chi connectivity index (χ4v) is 3.63. The molecule has 138 valence electrons. The zero-order valence-corrected chi connectivity index (χ0v) is 15.6. The van der Waals surface area contributed by atoms with Crippen LogP contribution in [0.15, 0.2) is 30.5 Å². The molecule has 1 aromatic carbocycles. The average molecular weight is 354 g/mol. The highest BCUT2D eigenvalue weighted by Crippen LogP contribution is 2.36. The van der Waals surface area contributed by atoms with Crippen LogP contribution in [0.25, 0.3) is 16.5 Å². The third kappa shape index (κ3) is 3.98. The summed E-state index contributed by atoms with van der Waals surface area (Å²) in [6, 6.07) is 5.70.